The number of rotatable bonds is 7. The van der Waals surface area contributed by atoms with Gasteiger partial charge in [-0.2, -0.15) is 0 Å². The average molecular weight is 363 g/mol. The third-order valence-electron chi connectivity index (χ3n) is 3.73. The van der Waals surface area contributed by atoms with Crippen LogP contribution in [0.2, 0.25) is 0 Å². The number of nitrogens with zero attached hydrogens (tertiary/aromatic N) is 2. The Bertz CT molecular complexity index is 652. The maximum absolute atomic E-state index is 12.7. The van der Waals surface area contributed by atoms with Crippen LogP contribution in [-0.4, -0.2) is 52.4 Å². The van der Waals surface area contributed by atoms with Gasteiger partial charge in [0.1, 0.15) is 11.3 Å². The van der Waals surface area contributed by atoms with Gasteiger partial charge in [-0.15, -0.1) is 0 Å². The van der Waals surface area contributed by atoms with Gasteiger partial charge >= 0.3 is 6.09 Å². The summed E-state index contributed by atoms with van der Waals surface area (Å²) in [4.78, 5) is 42.4. The number of aryl methyl sites for hydroxylation is 1. The zero-order chi connectivity index (χ0) is 19.9. The Labute approximate surface area is 155 Å². The molecule has 0 saturated heterocycles. The number of alkyl carbamates (subject to hydrolysis) is 1. The first-order valence-corrected chi connectivity index (χ1v) is 8.79. The van der Waals surface area contributed by atoms with Crippen molar-refractivity contribution >= 4 is 17.8 Å². The fourth-order valence-electron chi connectivity index (χ4n) is 2.41. The quantitative estimate of drug-likeness (QED) is 0.753. The minimum Gasteiger partial charge on any atom is -0.444 e. The summed E-state index contributed by atoms with van der Waals surface area (Å²) in [6.07, 6.45) is 1.27. The minimum absolute atomic E-state index is 0.162. The molecule has 1 aromatic heterocycles. The predicted octanol–water partition coefficient (Wildman–Crippen LogP) is 2.72. The molecule has 0 aliphatic heterocycles. The van der Waals surface area contributed by atoms with Crippen LogP contribution in [0.5, 0.6) is 0 Å². The lowest BCUT2D eigenvalue weighted by atomic mass is 10.0. The smallest absolute Gasteiger partial charge is 0.407 e. The lowest BCUT2D eigenvalue weighted by Crippen LogP contribution is -2.47. The van der Waals surface area contributed by atoms with E-state index in [9.17, 15) is 14.4 Å². The van der Waals surface area contributed by atoms with E-state index >= 15 is 0 Å². The molecule has 1 aromatic rings. The number of hydrogen-bond acceptors (Lipinski definition) is 5. The monoisotopic (exact) mass is 363 g/mol. The maximum atomic E-state index is 12.7. The van der Waals surface area contributed by atoms with Crippen LogP contribution in [0, 0.1) is 6.92 Å². The second kappa shape index (κ2) is 9.31. The minimum atomic E-state index is -0.670. The van der Waals surface area contributed by atoms with E-state index in [1.54, 1.807) is 46.9 Å². The predicted molar refractivity (Wildman–Crippen MR) is 99.0 cm³/mol. The summed E-state index contributed by atoms with van der Waals surface area (Å²) in [5, 5.41) is 2.61. The molecule has 0 fully saturated rings. The molecule has 1 unspecified atom stereocenters. The Kier molecular flexibility index (Phi) is 7.74. The van der Waals surface area contributed by atoms with Crippen molar-refractivity contribution in [1.29, 1.82) is 0 Å². The summed E-state index contributed by atoms with van der Waals surface area (Å²) >= 11 is 0. The average Bonchev–Trinajstić information content (AvgIpc) is 2.55. The first-order valence-electron chi connectivity index (χ1n) is 8.79. The molecular weight excluding hydrogens is 334 g/mol. The Morgan fingerprint density at radius 2 is 1.96 bits per heavy atom. The lowest BCUT2D eigenvalue weighted by Gasteiger charge is -2.28. The van der Waals surface area contributed by atoms with Gasteiger partial charge in [0, 0.05) is 25.7 Å². The topological polar surface area (TPSA) is 88.6 Å². The number of carbonyl (C=O) groups excluding carboxylic acids is 3. The number of nitrogens with one attached hydrogen (secondary N) is 1. The van der Waals surface area contributed by atoms with Gasteiger partial charge in [0.15, 0.2) is 0 Å². The maximum Gasteiger partial charge on any atom is 0.407 e. The van der Waals surface area contributed by atoms with Gasteiger partial charge < -0.3 is 15.0 Å². The number of ether oxygens (including phenoxy) is 1. The normalized spacial score (nSPS) is 12.2. The van der Waals surface area contributed by atoms with E-state index in [0.29, 0.717) is 5.69 Å². The molecular formula is C19H29N3O4. The summed E-state index contributed by atoms with van der Waals surface area (Å²) in [6, 6.07) is 2.90. The highest BCUT2D eigenvalue weighted by Crippen LogP contribution is 2.12. The molecule has 2 amide bonds. The third-order valence-corrected chi connectivity index (χ3v) is 3.73. The number of aromatic nitrogens is 1. The van der Waals surface area contributed by atoms with E-state index in [4.69, 9.17) is 4.74 Å². The van der Waals surface area contributed by atoms with E-state index in [1.807, 2.05) is 13.0 Å². The van der Waals surface area contributed by atoms with Crippen molar-refractivity contribution in [2.45, 2.75) is 59.6 Å². The van der Waals surface area contributed by atoms with Crippen molar-refractivity contribution in [3.05, 3.63) is 29.6 Å². The Balaban J connectivity index is 2.77. The molecule has 26 heavy (non-hydrogen) atoms. The van der Waals surface area contributed by atoms with Crippen LogP contribution < -0.4 is 5.32 Å². The molecule has 1 rings (SSSR count). The van der Waals surface area contributed by atoms with Crippen LogP contribution in [-0.2, 0) is 9.53 Å². The molecule has 0 saturated carbocycles. The first kappa shape index (κ1) is 21.6. The Morgan fingerprint density at radius 1 is 1.31 bits per heavy atom. The lowest BCUT2D eigenvalue weighted by molar-refractivity contribution is -0.132. The highest BCUT2D eigenvalue weighted by Gasteiger charge is 2.27. The molecule has 0 bridgehead atoms. The number of carbonyl (C=O) groups is 3. The number of hydrogen-bond donors (Lipinski definition) is 1. The van der Waals surface area contributed by atoms with Gasteiger partial charge in [-0.3, -0.25) is 14.6 Å². The van der Waals surface area contributed by atoms with E-state index in [2.05, 4.69) is 10.3 Å². The molecule has 1 heterocycles. The van der Waals surface area contributed by atoms with E-state index in [1.165, 1.54) is 4.90 Å². The molecule has 144 valence electrons. The van der Waals surface area contributed by atoms with Crippen LogP contribution in [0.1, 0.15) is 57.1 Å². The van der Waals surface area contributed by atoms with Gasteiger partial charge in [0.05, 0.1) is 6.04 Å². The van der Waals surface area contributed by atoms with Gasteiger partial charge in [-0.1, -0.05) is 13.0 Å². The highest BCUT2D eigenvalue weighted by atomic mass is 16.6. The zero-order valence-corrected chi connectivity index (χ0v) is 16.5. The highest BCUT2D eigenvalue weighted by molar-refractivity contribution is 6.01. The third kappa shape index (κ3) is 6.46. The number of amides is 2. The van der Waals surface area contributed by atoms with Crippen molar-refractivity contribution < 1.29 is 19.1 Å². The van der Waals surface area contributed by atoms with Crippen LogP contribution in [0.3, 0.4) is 0 Å². The fraction of sp³-hybridized carbons (Fsp3) is 0.579. The SMILES string of the molecule is CCC(=O)N(CCNC(=O)OC(C)(C)C)C(C)C(=O)c1ncccc1C. The Hall–Kier alpha value is -2.44. The first-order chi connectivity index (χ1) is 12.1. The van der Waals surface area contributed by atoms with E-state index in [-0.39, 0.29) is 31.2 Å². The second-order valence-electron chi connectivity index (χ2n) is 7.08. The molecule has 0 aliphatic carbocycles. The summed E-state index contributed by atoms with van der Waals surface area (Å²) < 4.78 is 5.17. The number of ketones is 1. The molecule has 7 nitrogen and oxygen atoms in total. The molecule has 0 aliphatic rings. The summed E-state index contributed by atoms with van der Waals surface area (Å²) in [5.74, 6) is -0.382. The zero-order valence-electron chi connectivity index (χ0n) is 16.5. The van der Waals surface area contributed by atoms with Gasteiger partial charge in [0.2, 0.25) is 11.7 Å². The molecule has 1 N–H and O–H groups in total. The van der Waals surface area contributed by atoms with Crippen LogP contribution in [0.4, 0.5) is 4.79 Å². The van der Waals surface area contributed by atoms with Gasteiger partial charge in [0.25, 0.3) is 0 Å². The van der Waals surface area contributed by atoms with Gasteiger partial charge in [-0.05, 0) is 46.2 Å². The van der Waals surface area contributed by atoms with Crippen LogP contribution >= 0.6 is 0 Å². The molecule has 0 aromatic carbocycles. The summed E-state index contributed by atoms with van der Waals surface area (Å²) in [5.41, 5.74) is 0.525. The molecule has 1 atom stereocenters. The fourth-order valence-corrected chi connectivity index (χ4v) is 2.41. The van der Waals surface area contributed by atoms with Crippen molar-refractivity contribution in [2.75, 3.05) is 13.1 Å². The van der Waals surface area contributed by atoms with Crippen LogP contribution in [0.15, 0.2) is 18.3 Å². The number of pyridine rings is 1. The van der Waals surface area contributed by atoms with E-state index in [0.717, 1.165) is 5.56 Å². The van der Waals surface area contributed by atoms with E-state index < -0.39 is 17.7 Å². The van der Waals surface area contributed by atoms with Crippen molar-refractivity contribution in [1.82, 2.24) is 15.2 Å². The summed E-state index contributed by atoms with van der Waals surface area (Å²) in [6.45, 7) is 10.9. The second-order valence-corrected chi connectivity index (χ2v) is 7.08. The standard InChI is InChI=1S/C19H29N3O4/c1-7-15(23)22(12-11-21-18(25)26-19(4,5)6)14(3)17(24)16-13(2)9-8-10-20-16/h8-10,14H,7,11-12H2,1-6H3,(H,21,25). The molecule has 7 heteroatoms. The number of Topliss-reactive ketones (excluding diaryl/α,β-unsaturated/α-hetero) is 1. The van der Waals surface area contributed by atoms with Crippen molar-refractivity contribution in [3.63, 3.8) is 0 Å². The summed E-state index contributed by atoms with van der Waals surface area (Å²) in [7, 11) is 0. The molecule has 0 radical (unpaired) electrons. The molecule has 0 spiro atoms. The van der Waals surface area contributed by atoms with Crippen molar-refractivity contribution in [3.8, 4) is 0 Å². The Morgan fingerprint density at radius 3 is 2.50 bits per heavy atom. The van der Waals surface area contributed by atoms with Gasteiger partial charge in [-0.25, -0.2) is 4.79 Å². The van der Waals surface area contributed by atoms with Crippen molar-refractivity contribution in [2.24, 2.45) is 0 Å². The van der Waals surface area contributed by atoms with Crippen LogP contribution in [0.25, 0.3) is 0 Å². The largest absolute Gasteiger partial charge is 0.444 e.